The Kier molecular flexibility index (Phi) is 8.19. The highest BCUT2D eigenvalue weighted by Crippen LogP contribution is 2.06. The van der Waals surface area contributed by atoms with Crippen LogP contribution in [0.25, 0.3) is 0 Å². The number of rotatable bonds is 7. The summed E-state index contributed by atoms with van der Waals surface area (Å²) in [6.45, 7) is 5.45. The van der Waals surface area contributed by atoms with Crippen LogP contribution >= 0.6 is 15.9 Å². The maximum absolute atomic E-state index is 11.4. The Bertz CT molecular complexity index is 213. The van der Waals surface area contributed by atoms with Crippen molar-refractivity contribution in [3.63, 3.8) is 0 Å². The van der Waals surface area contributed by atoms with Crippen LogP contribution in [0.3, 0.4) is 0 Å². The second-order valence-corrected chi connectivity index (χ2v) is 3.63. The van der Waals surface area contributed by atoms with E-state index in [4.69, 9.17) is 14.2 Å². The highest BCUT2D eigenvalue weighted by Gasteiger charge is 2.31. The number of hydrogen-bond donors (Lipinski definition) is 0. The number of esters is 2. The van der Waals surface area contributed by atoms with Crippen molar-refractivity contribution in [2.24, 2.45) is 0 Å². The van der Waals surface area contributed by atoms with Crippen LogP contribution in [0.1, 0.15) is 20.8 Å². The lowest BCUT2D eigenvalue weighted by atomic mass is 10.3. The van der Waals surface area contributed by atoms with Crippen molar-refractivity contribution < 1.29 is 23.8 Å². The van der Waals surface area contributed by atoms with Crippen LogP contribution < -0.4 is 0 Å². The van der Waals surface area contributed by atoms with E-state index in [0.29, 0.717) is 5.33 Å². The van der Waals surface area contributed by atoms with Gasteiger partial charge in [0, 0.05) is 5.33 Å². The smallest absolute Gasteiger partial charge is 0.347 e. The topological polar surface area (TPSA) is 61.8 Å². The Labute approximate surface area is 104 Å². The first-order valence-electron chi connectivity index (χ1n) is 5.11. The highest BCUT2D eigenvalue weighted by atomic mass is 79.9. The maximum atomic E-state index is 11.4. The normalized spacial score (nSPS) is 12.3. The molecule has 0 aromatic heterocycles. The van der Waals surface area contributed by atoms with Gasteiger partial charge in [-0.05, 0) is 20.8 Å². The first-order chi connectivity index (χ1) is 7.56. The summed E-state index contributed by atoms with van der Waals surface area (Å²) in [5.41, 5.74) is 0. The molecule has 0 saturated carbocycles. The summed E-state index contributed by atoms with van der Waals surface area (Å²) in [5.74, 6) is -1.43. The van der Waals surface area contributed by atoms with Crippen LogP contribution in [0.4, 0.5) is 0 Å². The summed E-state index contributed by atoms with van der Waals surface area (Å²) in [4.78, 5) is 22.9. The Hall–Kier alpha value is -0.620. The number of alkyl halides is 1. The number of carbonyl (C=O) groups is 2. The zero-order chi connectivity index (χ0) is 12.6. The number of halogens is 1. The number of carbonyl (C=O) groups excluding carboxylic acids is 2. The molecule has 0 heterocycles. The molecule has 0 amide bonds. The molecule has 0 bridgehead atoms. The van der Waals surface area contributed by atoms with E-state index in [1.54, 1.807) is 20.8 Å². The standard InChI is InChI=1S/C10H17BrO5/c1-4-14-9(12)8(10(13)15-5-2)16-7(3)6-11/h7-8H,4-6H2,1-3H3/t7-/m0/s1. The average molecular weight is 297 g/mol. The quantitative estimate of drug-likeness (QED) is 0.402. The fourth-order valence-electron chi connectivity index (χ4n) is 0.912. The van der Waals surface area contributed by atoms with Crippen molar-refractivity contribution in [3.05, 3.63) is 0 Å². The molecular formula is C10H17BrO5. The summed E-state index contributed by atoms with van der Waals surface area (Å²) in [6.07, 6.45) is -1.58. The van der Waals surface area contributed by atoms with Crippen molar-refractivity contribution in [1.82, 2.24) is 0 Å². The molecule has 0 saturated heterocycles. The van der Waals surface area contributed by atoms with E-state index in [2.05, 4.69) is 15.9 Å². The van der Waals surface area contributed by atoms with Gasteiger partial charge in [0.15, 0.2) is 0 Å². The first-order valence-corrected chi connectivity index (χ1v) is 6.23. The van der Waals surface area contributed by atoms with Gasteiger partial charge in [0.25, 0.3) is 6.10 Å². The second-order valence-electron chi connectivity index (χ2n) is 2.99. The summed E-state index contributed by atoms with van der Waals surface area (Å²) in [5, 5.41) is 0.516. The second kappa shape index (κ2) is 8.52. The molecule has 0 aromatic rings. The van der Waals surface area contributed by atoms with E-state index in [9.17, 15) is 9.59 Å². The molecule has 0 aliphatic heterocycles. The Morgan fingerprint density at radius 3 is 1.88 bits per heavy atom. The van der Waals surface area contributed by atoms with Gasteiger partial charge in [-0.15, -0.1) is 0 Å². The van der Waals surface area contributed by atoms with Gasteiger partial charge >= 0.3 is 11.9 Å². The molecule has 1 atom stereocenters. The summed E-state index contributed by atoms with van der Waals surface area (Å²) in [6, 6.07) is 0. The van der Waals surface area contributed by atoms with Crippen LogP contribution in [-0.4, -0.2) is 42.7 Å². The highest BCUT2D eigenvalue weighted by molar-refractivity contribution is 9.09. The Balaban J connectivity index is 4.49. The molecule has 6 heteroatoms. The van der Waals surface area contributed by atoms with Crippen molar-refractivity contribution in [2.45, 2.75) is 33.0 Å². The van der Waals surface area contributed by atoms with Crippen LogP contribution in [0, 0.1) is 0 Å². The predicted octanol–water partition coefficient (Wildman–Crippen LogP) is 1.28. The van der Waals surface area contributed by atoms with E-state index < -0.39 is 18.0 Å². The fraction of sp³-hybridized carbons (Fsp3) is 0.800. The van der Waals surface area contributed by atoms with Gasteiger partial charge in [-0.3, -0.25) is 0 Å². The zero-order valence-electron chi connectivity index (χ0n) is 9.70. The van der Waals surface area contributed by atoms with Gasteiger partial charge in [-0.1, -0.05) is 15.9 Å². The molecule has 0 radical (unpaired) electrons. The van der Waals surface area contributed by atoms with Gasteiger partial charge in [0.2, 0.25) is 0 Å². The van der Waals surface area contributed by atoms with Crippen LogP contribution in [0.5, 0.6) is 0 Å². The fourth-order valence-corrected chi connectivity index (χ4v) is 1.06. The molecule has 0 fully saturated rings. The molecule has 0 unspecified atom stereocenters. The third-order valence-electron chi connectivity index (χ3n) is 1.59. The Morgan fingerprint density at radius 1 is 1.12 bits per heavy atom. The van der Waals surface area contributed by atoms with Crippen molar-refractivity contribution >= 4 is 27.9 Å². The van der Waals surface area contributed by atoms with E-state index in [1.807, 2.05) is 0 Å². The van der Waals surface area contributed by atoms with E-state index in [0.717, 1.165) is 0 Å². The average Bonchev–Trinajstić information content (AvgIpc) is 2.25. The lowest BCUT2D eigenvalue weighted by Crippen LogP contribution is -2.38. The number of ether oxygens (including phenoxy) is 3. The molecule has 5 nitrogen and oxygen atoms in total. The Morgan fingerprint density at radius 2 is 1.56 bits per heavy atom. The predicted molar refractivity (Wildman–Crippen MR) is 61.4 cm³/mol. The monoisotopic (exact) mass is 296 g/mol. The molecule has 16 heavy (non-hydrogen) atoms. The number of hydrogen-bond acceptors (Lipinski definition) is 5. The molecule has 0 aliphatic carbocycles. The van der Waals surface area contributed by atoms with Crippen LogP contribution in [0.2, 0.25) is 0 Å². The van der Waals surface area contributed by atoms with Crippen molar-refractivity contribution in [2.75, 3.05) is 18.5 Å². The molecule has 0 rings (SSSR count). The van der Waals surface area contributed by atoms with Crippen molar-refractivity contribution in [3.8, 4) is 0 Å². The first kappa shape index (κ1) is 15.4. The third-order valence-corrected chi connectivity index (χ3v) is 2.50. The van der Waals surface area contributed by atoms with Gasteiger partial charge < -0.3 is 14.2 Å². The van der Waals surface area contributed by atoms with E-state index in [1.165, 1.54) is 0 Å². The van der Waals surface area contributed by atoms with Gasteiger partial charge in [-0.25, -0.2) is 9.59 Å². The molecule has 0 spiro atoms. The van der Waals surface area contributed by atoms with E-state index in [-0.39, 0.29) is 19.3 Å². The van der Waals surface area contributed by atoms with Gasteiger partial charge in [0.05, 0.1) is 19.3 Å². The minimum absolute atomic E-state index is 0.195. The summed E-state index contributed by atoms with van der Waals surface area (Å²) in [7, 11) is 0. The van der Waals surface area contributed by atoms with Crippen LogP contribution in [0.15, 0.2) is 0 Å². The lowest BCUT2D eigenvalue weighted by Gasteiger charge is -2.18. The SMILES string of the molecule is CCOC(=O)C(O[C@@H](C)CBr)C(=O)OCC. The maximum Gasteiger partial charge on any atom is 0.347 e. The molecular weight excluding hydrogens is 280 g/mol. The molecule has 0 aliphatic rings. The lowest BCUT2D eigenvalue weighted by molar-refractivity contribution is -0.175. The molecule has 0 aromatic carbocycles. The largest absolute Gasteiger partial charge is 0.464 e. The minimum Gasteiger partial charge on any atom is -0.464 e. The van der Waals surface area contributed by atoms with E-state index >= 15 is 0 Å². The van der Waals surface area contributed by atoms with Gasteiger partial charge in [0.1, 0.15) is 0 Å². The third kappa shape index (κ3) is 5.46. The zero-order valence-corrected chi connectivity index (χ0v) is 11.3. The van der Waals surface area contributed by atoms with Gasteiger partial charge in [-0.2, -0.15) is 0 Å². The molecule has 94 valence electrons. The summed E-state index contributed by atoms with van der Waals surface area (Å²) >= 11 is 3.19. The summed E-state index contributed by atoms with van der Waals surface area (Å²) < 4.78 is 14.7. The molecule has 0 N–H and O–H groups in total. The van der Waals surface area contributed by atoms with Crippen LogP contribution in [-0.2, 0) is 23.8 Å². The minimum atomic E-state index is -1.30. The van der Waals surface area contributed by atoms with Crippen molar-refractivity contribution in [1.29, 1.82) is 0 Å².